The third-order valence-electron chi connectivity index (χ3n) is 4.28. The van der Waals surface area contributed by atoms with Gasteiger partial charge >= 0.3 is 0 Å². The molecule has 0 amide bonds. The van der Waals surface area contributed by atoms with E-state index in [0.29, 0.717) is 24.8 Å². The van der Waals surface area contributed by atoms with E-state index in [-0.39, 0.29) is 11.2 Å². The lowest BCUT2D eigenvalue weighted by molar-refractivity contribution is 0.354. The van der Waals surface area contributed by atoms with E-state index < -0.39 is 10.0 Å². The molecule has 2 heterocycles. The summed E-state index contributed by atoms with van der Waals surface area (Å²) in [4.78, 5) is 4.44. The highest BCUT2D eigenvalue weighted by Crippen LogP contribution is 2.36. The van der Waals surface area contributed by atoms with Crippen LogP contribution in [0.1, 0.15) is 31.1 Å². The van der Waals surface area contributed by atoms with E-state index in [1.807, 2.05) is 30.3 Å². The van der Waals surface area contributed by atoms with E-state index in [0.717, 1.165) is 24.8 Å². The normalized spacial score (nSPS) is 23.0. The van der Waals surface area contributed by atoms with Gasteiger partial charge in [0.1, 0.15) is 0 Å². The first-order valence-electron chi connectivity index (χ1n) is 7.52. The van der Waals surface area contributed by atoms with Crippen molar-refractivity contribution in [3.63, 3.8) is 0 Å². The predicted octanol–water partition coefficient (Wildman–Crippen LogP) is 2.02. The van der Waals surface area contributed by atoms with Crippen molar-refractivity contribution in [2.75, 3.05) is 13.1 Å². The van der Waals surface area contributed by atoms with Crippen molar-refractivity contribution in [3.05, 3.63) is 36.2 Å². The van der Waals surface area contributed by atoms with Gasteiger partial charge in [0.2, 0.25) is 21.7 Å². The van der Waals surface area contributed by atoms with E-state index in [1.54, 1.807) is 4.31 Å². The van der Waals surface area contributed by atoms with Gasteiger partial charge in [0.15, 0.2) is 0 Å². The topological polar surface area (TPSA) is 76.3 Å². The van der Waals surface area contributed by atoms with Crippen LogP contribution in [-0.4, -0.2) is 41.2 Å². The zero-order valence-corrected chi connectivity index (χ0v) is 12.9. The van der Waals surface area contributed by atoms with Gasteiger partial charge in [0.05, 0.1) is 11.2 Å². The number of nitrogens with zero attached hydrogens (tertiary/aromatic N) is 3. The van der Waals surface area contributed by atoms with Gasteiger partial charge in [-0.05, 0) is 19.3 Å². The molecule has 1 aromatic heterocycles. The minimum Gasteiger partial charge on any atom is -0.339 e. The standard InChI is InChI=1S/C15H17N3O3S/c19-22(20,13-6-7-13)18-9-8-12(10-18)15-16-14(17-21-15)11-4-2-1-3-5-11/h1-5,12-13H,6-10H2. The van der Waals surface area contributed by atoms with Gasteiger partial charge in [-0.2, -0.15) is 4.98 Å². The SMILES string of the molecule is O=S(=O)(C1CC1)N1CCC(c2nc(-c3ccccc3)no2)C1. The van der Waals surface area contributed by atoms with E-state index in [1.165, 1.54) is 0 Å². The largest absolute Gasteiger partial charge is 0.339 e. The first-order valence-corrected chi connectivity index (χ1v) is 9.03. The Morgan fingerprint density at radius 1 is 1.14 bits per heavy atom. The van der Waals surface area contributed by atoms with E-state index >= 15 is 0 Å². The van der Waals surface area contributed by atoms with Crippen LogP contribution in [0.2, 0.25) is 0 Å². The number of rotatable bonds is 4. The lowest BCUT2D eigenvalue weighted by Crippen LogP contribution is -2.31. The molecule has 1 aromatic carbocycles. The summed E-state index contributed by atoms with van der Waals surface area (Å²) in [7, 11) is -3.11. The second-order valence-corrected chi connectivity index (χ2v) is 8.12. The molecule has 1 atom stereocenters. The first-order chi connectivity index (χ1) is 10.6. The van der Waals surface area contributed by atoms with Gasteiger partial charge in [-0.15, -0.1) is 0 Å². The van der Waals surface area contributed by atoms with Gasteiger partial charge in [0, 0.05) is 18.7 Å². The van der Waals surface area contributed by atoms with Crippen molar-refractivity contribution >= 4 is 10.0 Å². The highest BCUT2D eigenvalue weighted by Gasteiger charge is 2.43. The van der Waals surface area contributed by atoms with E-state index in [2.05, 4.69) is 10.1 Å². The van der Waals surface area contributed by atoms with Crippen LogP contribution in [0.4, 0.5) is 0 Å². The molecule has 2 aliphatic rings. The van der Waals surface area contributed by atoms with Crippen LogP contribution in [0, 0.1) is 0 Å². The molecule has 2 aromatic rings. The molecular weight excluding hydrogens is 302 g/mol. The fraction of sp³-hybridized carbons (Fsp3) is 0.467. The monoisotopic (exact) mass is 319 g/mol. The number of hydrogen-bond donors (Lipinski definition) is 0. The van der Waals surface area contributed by atoms with Crippen molar-refractivity contribution in [3.8, 4) is 11.4 Å². The Morgan fingerprint density at radius 2 is 1.91 bits per heavy atom. The molecule has 1 saturated carbocycles. The van der Waals surface area contributed by atoms with Gasteiger partial charge < -0.3 is 4.52 Å². The quantitative estimate of drug-likeness (QED) is 0.861. The Morgan fingerprint density at radius 3 is 2.64 bits per heavy atom. The summed E-state index contributed by atoms with van der Waals surface area (Å²) >= 11 is 0. The number of sulfonamides is 1. The highest BCUT2D eigenvalue weighted by atomic mass is 32.2. The minimum atomic E-state index is -3.11. The summed E-state index contributed by atoms with van der Waals surface area (Å²) in [6.07, 6.45) is 2.33. The van der Waals surface area contributed by atoms with Crippen LogP contribution >= 0.6 is 0 Å². The second kappa shape index (κ2) is 5.17. The Kier molecular flexibility index (Phi) is 3.27. The van der Waals surface area contributed by atoms with Crippen LogP contribution in [0.5, 0.6) is 0 Å². The molecule has 4 rings (SSSR count). The first kappa shape index (κ1) is 13.9. The Labute approximate surface area is 129 Å². The Hall–Kier alpha value is -1.73. The smallest absolute Gasteiger partial charge is 0.231 e. The number of benzene rings is 1. The molecule has 1 aliphatic carbocycles. The predicted molar refractivity (Wildman–Crippen MR) is 80.6 cm³/mol. The maximum absolute atomic E-state index is 12.3. The summed E-state index contributed by atoms with van der Waals surface area (Å²) in [6, 6.07) is 9.62. The maximum Gasteiger partial charge on any atom is 0.231 e. The highest BCUT2D eigenvalue weighted by molar-refractivity contribution is 7.90. The molecular formula is C15H17N3O3S. The molecule has 1 aliphatic heterocycles. The lowest BCUT2D eigenvalue weighted by Gasteiger charge is -2.14. The number of aromatic nitrogens is 2. The average molecular weight is 319 g/mol. The van der Waals surface area contributed by atoms with Gasteiger partial charge in [-0.25, -0.2) is 12.7 Å². The minimum absolute atomic E-state index is 0.00140. The molecule has 0 radical (unpaired) electrons. The van der Waals surface area contributed by atoms with Crippen molar-refractivity contribution < 1.29 is 12.9 Å². The molecule has 0 bridgehead atoms. The van der Waals surface area contributed by atoms with Gasteiger partial charge in [0.25, 0.3) is 0 Å². The fourth-order valence-electron chi connectivity index (χ4n) is 2.84. The molecule has 7 heteroatoms. The second-order valence-electron chi connectivity index (χ2n) is 5.91. The van der Waals surface area contributed by atoms with Crippen molar-refractivity contribution in [1.29, 1.82) is 0 Å². The fourth-order valence-corrected chi connectivity index (χ4v) is 4.74. The summed E-state index contributed by atoms with van der Waals surface area (Å²) in [5.41, 5.74) is 0.901. The lowest BCUT2D eigenvalue weighted by atomic mass is 10.1. The zero-order chi connectivity index (χ0) is 15.2. The molecule has 1 unspecified atom stereocenters. The zero-order valence-electron chi connectivity index (χ0n) is 12.1. The van der Waals surface area contributed by atoms with Crippen molar-refractivity contribution in [2.24, 2.45) is 0 Å². The van der Waals surface area contributed by atoms with Gasteiger partial charge in [-0.1, -0.05) is 35.5 Å². The third-order valence-corrected chi connectivity index (χ3v) is 6.64. The Balaban J connectivity index is 1.51. The molecule has 0 spiro atoms. The van der Waals surface area contributed by atoms with Crippen LogP contribution in [0.3, 0.4) is 0 Å². The maximum atomic E-state index is 12.3. The molecule has 0 N–H and O–H groups in total. The van der Waals surface area contributed by atoms with Gasteiger partial charge in [-0.3, -0.25) is 0 Å². The van der Waals surface area contributed by atoms with Crippen LogP contribution in [0.15, 0.2) is 34.9 Å². The molecule has 6 nitrogen and oxygen atoms in total. The van der Waals surface area contributed by atoms with Crippen LogP contribution < -0.4 is 0 Å². The summed E-state index contributed by atoms with van der Waals surface area (Å²) < 4.78 is 31.5. The average Bonchev–Trinajstić information content (AvgIpc) is 3.09. The molecule has 2 fully saturated rings. The van der Waals surface area contributed by atoms with E-state index in [4.69, 9.17) is 4.52 Å². The summed E-state index contributed by atoms with van der Waals surface area (Å²) in [6.45, 7) is 1.00. The van der Waals surface area contributed by atoms with Crippen LogP contribution in [0.25, 0.3) is 11.4 Å². The van der Waals surface area contributed by atoms with Crippen LogP contribution in [-0.2, 0) is 10.0 Å². The Bertz CT molecular complexity index is 768. The van der Waals surface area contributed by atoms with Crippen molar-refractivity contribution in [2.45, 2.75) is 30.4 Å². The van der Waals surface area contributed by atoms with E-state index in [9.17, 15) is 8.42 Å². The molecule has 116 valence electrons. The number of hydrogen-bond acceptors (Lipinski definition) is 5. The van der Waals surface area contributed by atoms with Crippen molar-refractivity contribution in [1.82, 2.24) is 14.4 Å². The summed E-state index contributed by atoms with van der Waals surface area (Å²) in [5, 5.41) is 3.85. The molecule has 22 heavy (non-hydrogen) atoms. The third kappa shape index (κ3) is 2.44. The summed E-state index contributed by atoms with van der Waals surface area (Å²) in [5.74, 6) is 1.09. The molecule has 1 saturated heterocycles.